The molecular formula is C28H35N3O6S. The molecule has 2 aromatic carbocycles. The van der Waals surface area contributed by atoms with Crippen LogP contribution in [0.1, 0.15) is 37.3 Å². The molecule has 1 saturated heterocycles. The van der Waals surface area contributed by atoms with Crippen molar-refractivity contribution in [2.24, 2.45) is 5.92 Å². The number of esters is 1. The van der Waals surface area contributed by atoms with Crippen LogP contribution in [0.15, 0.2) is 60.7 Å². The third-order valence-corrected chi connectivity index (χ3v) is 6.82. The first kappa shape index (κ1) is 29.0. The minimum atomic E-state index is -0.955. The molecule has 1 fully saturated rings. The lowest BCUT2D eigenvalue weighted by atomic mass is 9.94. The van der Waals surface area contributed by atoms with Crippen LogP contribution in [0.5, 0.6) is 0 Å². The number of hydrogen-bond donors (Lipinski definition) is 4. The summed E-state index contributed by atoms with van der Waals surface area (Å²) in [6.07, 6.45) is 0.389. The highest BCUT2D eigenvalue weighted by Crippen LogP contribution is 2.22. The van der Waals surface area contributed by atoms with Crippen LogP contribution in [0.2, 0.25) is 0 Å². The summed E-state index contributed by atoms with van der Waals surface area (Å²) >= 11 is 4.59. The lowest BCUT2D eigenvalue weighted by Gasteiger charge is -2.28. The molecule has 0 aromatic heterocycles. The largest absolute Gasteiger partial charge is 0.466 e. The Morgan fingerprint density at radius 3 is 2.26 bits per heavy atom. The average molecular weight is 542 g/mol. The predicted octanol–water partition coefficient (Wildman–Crippen LogP) is 2.79. The number of rotatable bonds is 13. The molecular weight excluding hydrogens is 506 g/mol. The summed E-state index contributed by atoms with van der Waals surface area (Å²) in [5.74, 6) is -1.30. The predicted molar refractivity (Wildman–Crippen MR) is 145 cm³/mol. The second kappa shape index (κ2) is 15.0. The topological polar surface area (TPSA) is 123 Å². The van der Waals surface area contributed by atoms with Gasteiger partial charge in [0.05, 0.1) is 13.0 Å². The van der Waals surface area contributed by atoms with E-state index in [0.29, 0.717) is 19.4 Å². The highest BCUT2D eigenvalue weighted by molar-refractivity contribution is 7.81. The summed E-state index contributed by atoms with van der Waals surface area (Å²) in [6, 6.07) is 17.0. The number of nitrogens with one attached hydrogen (secondary N) is 3. The molecule has 0 bridgehead atoms. The van der Waals surface area contributed by atoms with Gasteiger partial charge in [0.2, 0.25) is 11.8 Å². The van der Waals surface area contributed by atoms with Crippen molar-refractivity contribution in [1.29, 1.82) is 0 Å². The van der Waals surface area contributed by atoms with E-state index >= 15 is 0 Å². The van der Waals surface area contributed by atoms with Gasteiger partial charge in [0, 0.05) is 30.2 Å². The number of ether oxygens (including phenoxy) is 2. The normalized spacial score (nSPS) is 17.0. The number of alkyl carbamates (subject to hydrolysis) is 1. The van der Waals surface area contributed by atoms with Crippen molar-refractivity contribution in [2.75, 3.05) is 13.2 Å². The van der Waals surface area contributed by atoms with Gasteiger partial charge in [-0.25, -0.2) is 4.79 Å². The summed E-state index contributed by atoms with van der Waals surface area (Å²) in [6.45, 7) is 2.56. The quantitative estimate of drug-likeness (QED) is 0.229. The van der Waals surface area contributed by atoms with Crippen molar-refractivity contribution >= 4 is 36.5 Å². The smallest absolute Gasteiger partial charge is 0.408 e. The van der Waals surface area contributed by atoms with Crippen LogP contribution in [0.25, 0.3) is 0 Å². The van der Waals surface area contributed by atoms with Crippen molar-refractivity contribution < 1.29 is 28.7 Å². The van der Waals surface area contributed by atoms with E-state index in [2.05, 4.69) is 28.6 Å². The van der Waals surface area contributed by atoms with Gasteiger partial charge in [-0.05, 0) is 30.9 Å². The highest BCUT2D eigenvalue weighted by atomic mass is 32.1. The third kappa shape index (κ3) is 9.41. The van der Waals surface area contributed by atoms with Crippen molar-refractivity contribution in [3.8, 4) is 0 Å². The van der Waals surface area contributed by atoms with Gasteiger partial charge in [-0.15, -0.1) is 0 Å². The van der Waals surface area contributed by atoms with Crippen molar-refractivity contribution in [3.63, 3.8) is 0 Å². The number of thiol groups is 1. The number of carbonyl (C=O) groups is 4. The zero-order valence-electron chi connectivity index (χ0n) is 21.4. The summed E-state index contributed by atoms with van der Waals surface area (Å²) in [5, 5.41) is 7.82. The molecule has 0 aliphatic carbocycles. The molecule has 1 aliphatic rings. The Hall–Kier alpha value is -3.53. The molecule has 10 heteroatoms. The van der Waals surface area contributed by atoms with E-state index in [-0.39, 0.29) is 37.9 Å². The zero-order chi connectivity index (χ0) is 27.3. The minimum absolute atomic E-state index is 0.0356. The van der Waals surface area contributed by atoms with Crippen molar-refractivity contribution in [2.45, 2.75) is 56.5 Å². The maximum Gasteiger partial charge on any atom is 0.408 e. The van der Waals surface area contributed by atoms with Crippen molar-refractivity contribution in [1.82, 2.24) is 16.0 Å². The molecule has 0 saturated carbocycles. The van der Waals surface area contributed by atoms with Gasteiger partial charge in [-0.3, -0.25) is 14.4 Å². The first-order valence-corrected chi connectivity index (χ1v) is 13.3. The van der Waals surface area contributed by atoms with E-state index in [1.54, 1.807) is 6.92 Å². The Morgan fingerprint density at radius 2 is 1.66 bits per heavy atom. The number of carbonyl (C=O) groups excluding carboxylic acids is 4. The first-order valence-electron chi connectivity index (χ1n) is 12.8. The lowest BCUT2D eigenvalue weighted by molar-refractivity contribution is -0.143. The second-order valence-corrected chi connectivity index (χ2v) is 9.82. The lowest BCUT2D eigenvalue weighted by Crippen LogP contribution is -2.53. The van der Waals surface area contributed by atoms with E-state index in [9.17, 15) is 19.2 Å². The van der Waals surface area contributed by atoms with Crippen LogP contribution in [0.4, 0.5) is 4.79 Å². The molecule has 1 aliphatic heterocycles. The molecule has 3 amide bonds. The van der Waals surface area contributed by atoms with E-state index < -0.39 is 35.3 Å². The van der Waals surface area contributed by atoms with Gasteiger partial charge in [0.15, 0.2) is 0 Å². The Kier molecular flexibility index (Phi) is 11.5. The van der Waals surface area contributed by atoms with E-state index in [1.807, 2.05) is 60.7 Å². The minimum Gasteiger partial charge on any atom is -0.466 e. The second-order valence-electron chi connectivity index (χ2n) is 9.15. The molecule has 3 rings (SSSR count). The van der Waals surface area contributed by atoms with E-state index in [1.165, 1.54) is 0 Å². The van der Waals surface area contributed by atoms with E-state index in [0.717, 1.165) is 11.1 Å². The fourth-order valence-corrected chi connectivity index (χ4v) is 4.62. The summed E-state index contributed by atoms with van der Waals surface area (Å²) < 4.78 is 10.4. The van der Waals surface area contributed by atoms with Gasteiger partial charge in [-0.1, -0.05) is 60.7 Å². The summed E-state index contributed by atoms with van der Waals surface area (Å²) in [7, 11) is 0. The Morgan fingerprint density at radius 1 is 1.00 bits per heavy atom. The molecule has 4 atom stereocenters. The Labute approximate surface area is 228 Å². The monoisotopic (exact) mass is 541 g/mol. The van der Waals surface area contributed by atoms with Crippen LogP contribution in [0.3, 0.4) is 0 Å². The maximum absolute atomic E-state index is 13.5. The fraction of sp³-hybridized carbons (Fsp3) is 0.429. The van der Waals surface area contributed by atoms with E-state index in [4.69, 9.17) is 9.47 Å². The SMILES string of the molecule is CCOC(=O)C[C@H](S)[C@H](C[C@@H]1CCNC1=O)NC(=O)[C@H](Cc1ccccc1)NC(=O)OCc1ccccc1. The number of amides is 3. The highest BCUT2D eigenvalue weighted by Gasteiger charge is 2.33. The molecule has 0 unspecified atom stereocenters. The van der Waals surface area contributed by atoms with Gasteiger partial charge < -0.3 is 25.4 Å². The van der Waals surface area contributed by atoms with Crippen LogP contribution in [-0.4, -0.2) is 54.4 Å². The maximum atomic E-state index is 13.5. The van der Waals surface area contributed by atoms with Gasteiger partial charge in [-0.2, -0.15) is 12.6 Å². The summed E-state index contributed by atoms with van der Waals surface area (Å²) in [5.41, 5.74) is 1.66. The van der Waals surface area contributed by atoms with Crippen LogP contribution < -0.4 is 16.0 Å². The van der Waals surface area contributed by atoms with Gasteiger partial charge in [0.25, 0.3) is 0 Å². The Balaban J connectivity index is 1.72. The first-order chi connectivity index (χ1) is 18.4. The standard InChI is InChI=1S/C28H35N3O6S/c1-2-36-25(32)17-24(38)22(16-21-13-14-29-26(21)33)30-27(34)23(15-19-9-5-3-6-10-19)31-28(35)37-18-20-11-7-4-8-12-20/h3-12,21-24,38H,2,13-18H2,1H3,(H,29,33)(H,30,34)(H,31,35)/t21-,22-,23-,24-/m0/s1. The molecule has 2 aromatic rings. The summed E-state index contributed by atoms with van der Waals surface area (Å²) in [4.78, 5) is 50.5. The zero-order valence-corrected chi connectivity index (χ0v) is 22.3. The van der Waals surface area contributed by atoms with Gasteiger partial charge in [0.1, 0.15) is 12.6 Å². The third-order valence-electron chi connectivity index (χ3n) is 6.28. The molecule has 204 valence electrons. The average Bonchev–Trinajstić information content (AvgIpc) is 3.32. The molecule has 0 radical (unpaired) electrons. The van der Waals surface area contributed by atoms with Crippen LogP contribution in [0, 0.1) is 5.92 Å². The fourth-order valence-electron chi connectivity index (χ4n) is 4.27. The number of hydrogen-bond acceptors (Lipinski definition) is 7. The molecule has 0 spiro atoms. The number of benzene rings is 2. The Bertz CT molecular complexity index is 1070. The van der Waals surface area contributed by atoms with Crippen LogP contribution in [-0.2, 0) is 36.9 Å². The molecule has 38 heavy (non-hydrogen) atoms. The molecule has 1 heterocycles. The molecule has 9 nitrogen and oxygen atoms in total. The molecule has 3 N–H and O–H groups in total. The van der Waals surface area contributed by atoms with Crippen LogP contribution >= 0.6 is 12.6 Å². The van der Waals surface area contributed by atoms with Crippen molar-refractivity contribution in [3.05, 3.63) is 71.8 Å². The van der Waals surface area contributed by atoms with Gasteiger partial charge >= 0.3 is 12.1 Å².